The molecule has 4 atom stereocenters. The lowest BCUT2D eigenvalue weighted by Gasteiger charge is -2.19. The van der Waals surface area contributed by atoms with E-state index in [9.17, 15) is 10.2 Å². The molecule has 0 amide bonds. The monoisotopic (exact) mass is 301 g/mol. The van der Waals surface area contributed by atoms with E-state index in [4.69, 9.17) is 4.74 Å². The standard InChI is InChI=1S/C17H35NO3/c1-3-5-7-14(4-2)12-21-13-16(19)11-18-10-15-8-6-9-17(15)20/h14-20H,3-13H2,1-2H3. The molecule has 4 unspecified atom stereocenters. The van der Waals surface area contributed by atoms with Crippen LogP contribution >= 0.6 is 0 Å². The van der Waals surface area contributed by atoms with E-state index in [0.717, 1.165) is 38.8 Å². The van der Waals surface area contributed by atoms with E-state index in [1.807, 2.05) is 0 Å². The fourth-order valence-electron chi connectivity index (χ4n) is 3.02. The van der Waals surface area contributed by atoms with Gasteiger partial charge in [-0.3, -0.25) is 0 Å². The van der Waals surface area contributed by atoms with Crippen LogP contribution in [-0.4, -0.2) is 48.7 Å². The van der Waals surface area contributed by atoms with Crippen molar-refractivity contribution in [1.82, 2.24) is 5.32 Å². The van der Waals surface area contributed by atoms with Crippen LogP contribution in [0.1, 0.15) is 58.8 Å². The molecule has 0 aromatic heterocycles. The van der Waals surface area contributed by atoms with Crippen LogP contribution < -0.4 is 5.32 Å². The Morgan fingerprint density at radius 1 is 1.24 bits per heavy atom. The molecule has 4 nitrogen and oxygen atoms in total. The molecule has 1 aliphatic carbocycles. The summed E-state index contributed by atoms with van der Waals surface area (Å²) >= 11 is 0. The van der Waals surface area contributed by atoms with Crippen LogP contribution in [0.15, 0.2) is 0 Å². The molecule has 1 saturated carbocycles. The summed E-state index contributed by atoms with van der Waals surface area (Å²) in [5, 5.41) is 22.9. The van der Waals surface area contributed by atoms with Gasteiger partial charge in [-0.1, -0.05) is 39.5 Å². The van der Waals surface area contributed by atoms with Crippen molar-refractivity contribution in [1.29, 1.82) is 0 Å². The van der Waals surface area contributed by atoms with Gasteiger partial charge in [0.15, 0.2) is 0 Å². The molecular weight excluding hydrogens is 266 g/mol. The normalized spacial score (nSPS) is 25.1. The van der Waals surface area contributed by atoms with Gasteiger partial charge in [0.05, 0.1) is 18.8 Å². The van der Waals surface area contributed by atoms with Gasteiger partial charge in [0, 0.05) is 19.7 Å². The third kappa shape index (κ3) is 8.15. The molecule has 0 radical (unpaired) electrons. The molecule has 3 N–H and O–H groups in total. The third-order valence-electron chi connectivity index (χ3n) is 4.61. The molecule has 0 heterocycles. The second-order valence-corrected chi connectivity index (χ2v) is 6.52. The zero-order valence-corrected chi connectivity index (χ0v) is 13.9. The Hall–Kier alpha value is -0.160. The molecule has 0 bridgehead atoms. The molecular formula is C17H35NO3. The highest BCUT2D eigenvalue weighted by Gasteiger charge is 2.24. The Balaban J connectivity index is 2.01. The molecule has 1 fully saturated rings. The first-order chi connectivity index (χ1) is 10.2. The number of unbranched alkanes of at least 4 members (excludes halogenated alkanes) is 1. The van der Waals surface area contributed by atoms with E-state index in [1.165, 1.54) is 19.3 Å². The summed E-state index contributed by atoms with van der Waals surface area (Å²) < 4.78 is 5.65. The number of ether oxygens (including phenoxy) is 1. The van der Waals surface area contributed by atoms with Gasteiger partial charge in [-0.25, -0.2) is 0 Å². The van der Waals surface area contributed by atoms with Crippen LogP contribution in [0, 0.1) is 11.8 Å². The van der Waals surface area contributed by atoms with Gasteiger partial charge in [0.2, 0.25) is 0 Å². The van der Waals surface area contributed by atoms with E-state index in [0.29, 0.717) is 25.0 Å². The molecule has 126 valence electrons. The van der Waals surface area contributed by atoms with Crippen LogP contribution in [0.2, 0.25) is 0 Å². The second kappa shape index (κ2) is 11.4. The first kappa shape index (κ1) is 18.9. The minimum absolute atomic E-state index is 0.158. The zero-order chi connectivity index (χ0) is 15.5. The van der Waals surface area contributed by atoms with Gasteiger partial charge >= 0.3 is 0 Å². The van der Waals surface area contributed by atoms with Crippen LogP contribution in [0.4, 0.5) is 0 Å². The summed E-state index contributed by atoms with van der Waals surface area (Å²) in [4.78, 5) is 0. The Labute approximate surface area is 130 Å². The fourth-order valence-corrected chi connectivity index (χ4v) is 3.02. The maximum absolute atomic E-state index is 9.90. The van der Waals surface area contributed by atoms with Gasteiger partial charge in [0.1, 0.15) is 0 Å². The van der Waals surface area contributed by atoms with Gasteiger partial charge in [-0.2, -0.15) is 0 Å². The minimum atomic E-state index is -0.452. The number of rotatable bonds is 12. The first-order valence-corrected chi connectivity index (χ1v) is 8.81. The Bertz CT molecular complexity index is 250. The Morgan fingerprint density at radius 2 is 2.05 bits per heavy atom. The summed E-state index contributed by atoms with van der Waals surface area (Å²) in [6.45, 7) is 6.93. The van der Waals surface area contributed by atoms with Crippen molar-refractivity contribution in [2.24, 2.45) is 11.8 Å². The summed E-state index contributed by atoms with van der Waals surface area (Å²) in [5.41, 5.74) is 0. The SMILES string of the molecule is CCCCC(CC)COCC(O)CNCC1CCCC1O. The van der Waals surface area contributed by atoms with Crippen LogP contribution in [0.5, 0.6) is 0 Å². The molecule has 1 rings (SSSR count). The van der Waals surface area contributed by atoms with Crippen molar-refractivity contribution in [3.8, 4) is 0 Å². The maximum atomic E-state index is 9.90. The highest BCUT2D eigenvalue weighted by atomic mass is 16.5. The number of aliphatic hydroxyl groups excluding tert-OH is 2. The number of hydrogen-bond acceptors (Lipinski definition) is 4. The van der Waals surface area contributed by atoms with Crippen LogP contribution in [0.3, 0.4) is 0 Å². The maximum Gasteiger partial charge on any atom is 0.0897 e. The quantitative estimate of drug-likeness (QED) is 0.518. The van der Waals surface area contributed by atoms with Gasteiger partial charge < -0.3 is 20.3 Å². The average molecular weight is 301 g/mol. The van der Waals surface area contributed by atoms with Gasteiger partial charge in [-0.15, -0.1) is 0 Å². The fraction of sp³-hybridized carbons (Fsp3) is 1.00. The minimum Gasteiger partial charge on any atom is -0.393 e. The van der Waals surface area contributed by atoms with Crippen molar-refractivity contribution >= 4 is 0 Å². The van der Waals surface area contributed by atoms with Gasteiger partial charge in [-0.05, 0) is 31.1 Å². The Kier molecular flexibility index (Phi) is 10.3. The average Bonchev–Trinajstić information content (AvgIpc) is 2.88. The number of aliphatic hydroxyl groups is 2. The Morgan fingerprint density at radius 3 is 2.67 bits per heavy atom. The zero-order valence-electron chi connectivity index (χ0n) is 13.9. The smallest absolute Gasteiger partial charge is 0.0897 e. The van der Waals surface area contributed by atoms with E-state index in [-0.39, 0.29) is 6.10 Å². The van der Waals surface area contributed by atoms with Crippen molar-refractivity contribution < 1.29 is 14.9 Å². The lowest BCUT2D eigenvalue weighted by Crippen LogP contribution is -2.35. The van der Waals surface area contributed by atoms with E-state index in [1.54, 1.807) is 0 Å². The largest absolute Gasteiger partial charge is 0.393 e. The predicted octanol–water partition coefficient (Wildman–Crippen LogP) is 2.33. The molecule has 0 aromatic rings. The molecule has 21 heavy (non-hydrogen) atoms. The molecule has 0 spiro atoms. The highest BCUT2D eigenvalue weighted by Crippen LogP contribution is 2.24. The van der Waals surface area contributed by atoms with E-state index >= 15 is 0 Å². The first-order valence-electron chi connectivity index (χ1n) is 8.81. The molecule has 0 saturated heterocycles. The lowest BCUT2D eigenvalue weighted by atomic mass is 10.0. The van der Waals surface area contributed by atoms with Crippen molar-refractivity contribution in [3.63, 3.8) is 0 Å². The second-order valence-electron chi connectivity index (χ2n) is 6.52. The number of hydrogen-bond donors (Lipinski definition) is 3. The molecule has 1 aliphatic rings. The number of nitrogens with one attached hydrogen (secondary N) is 1. The summed E-state index contributed by atoms with van der Waals surface area (Å²) in [6.07, 6.45) is 7.39. The highest BCUT2D eigenvalue weighted by molar-refractivity contribution is 4.78. The summed E-state index contributed by atoms with van der Waals surface area (Å²) in [6, 6.07) is 0. The van der Waals surface area contributed by atoms with E-state index in [2.05, 4.69) is 19.2 Å². The summed E-state index contributed by atoms with van der Waals surface area (Å²) in [7, 11) is 0. The van der Waals surface area contributed by atoms with Gasteiger partial charge in [0.25, 0.3) is 0 Å². The molecule has 0 aromatic carbocycles. The van der Waals surface area contributed by atoms with Crippen LogP contribution in [0.25, 0.3) is 0 Å². The third-order valence-corrected chi connectivity index (χ3v) is 4.61. The van der Waals surface area contributed by atoms with Crippen molar-refractivity contribution in [3.05, 3.63) is 0 Å². The molecule has 4 heteroatoms. The van der Waals surface area contributed by atoms with Crippen molar-refractivity contribution in [2.45, 2.75) is 71.0 Å². The molecule has 0 aliphatic heterocycles. The van der Waals surface area contributed by atoms with E-state index < -0.39 is 6.10 Å². The topological polar surface area (TPSA) is 61.7 Å². The van der Waals surface area contributed by atoms with Crippen molar-refractivity contribution in [2.75, 3.05) is 26.3 Å². The lowest BCUT2D eigenvalue weighted by molar-refractivity contribution is 0.0184. The van der Waals surface area contributed by atoms with Crippen LogP contribution in [-0.2, 0) is 4.74 Å². The summed E-state index contributed by atoms with van der Waals surface area (Å²) in [5.74, 6) is 0.982. The predicted molar refractivity (Wildman–Crippen MR) is 86.3 cm³/mol.